The molecule has 2 aliphatic carbocycles. The van der Waals surface area contributed by atoms with Crippen LogP contribution in [0, 0.1) is 5.92 Å². The van der Waals surface area contributed by atoms with Crippen molar-refractivity contribution in [2.45, 2.75) is 61.9 Å². The summed E-state index contributed by atoms with van der Waals surface area (Å²) in [4.78, 5) is 32.7. The number of para-hydroxylation sites is 1. The van der Waals surface area contributed by atoms with Crippen molar-refractivity contribution in [3.8, 4) is 0 Å². The second kappa shape index (κ2) is 10.9. The molecule has 0 spiro atoms. The first kappa shape index (κ1) is 25.9. The van der Waals surface area contributed by atoms with Gasteiger partial charge in [-0.15, -0.1) is 0 Å². The van der Waals surface area contributed by atoms with Crippen LogP contribution in [0.1, 0.15) is 44.1 Å². The number of nitrogens with two attached hydrogens (primary N) is 1. The van der Waals surface area contributed by atoms with Crippen molar-refractivity contribution in [2.24, 2.45) is 11.1 Å². The Labute approximate surface area is 219 Å². The second-order valence-corrected chi connectivity index (χ2v) is 12.1. The molecule has 2 amide bonds. The van der Waals surface area contributed by atoms with Crippen LogP contribution < -0.4 is 10.0 Å². The molecule has 0 unspecified atom stereocenters. The van der Waals surface area contributed by atoms with Crippen LogP contribution in [-0.4, -0.2) is 68.3 Å². The van der Waals surface area contributed by atoms with E-state index in [1.807, 2.05) is 35.2 Å². The molecular formula is C28H36N4O4S. The van der Waals surface area contributed by atoms with Crippen LogP contribution in [0.2, 0.25) is 0 Å². The van der Waals surface area contributed by atoms with Crippen molar-refractivity contribution >= 4 is 27.5 Å². The third-order valence-corrected chi connectivity index (χ3v) is 8.62. The molecule has 1 heterocycles. The molecule has 198 valence electrons. The number of carbonyl (C=O) groups excluding carboxylic acids is 2. The van der Waals surface area contributed by atoms with Gasteiger partial charge >= 0.3 is 0 Å². The maximum absolute atomic E-state index is 13.3. The van der Waals surface area contributed by atoms with Crippen molar-refractivity contribution in [2.75, 3.05) is 31.1 Å². The van der Waals surface area contributed by atoms with Gasteiger partial charge in [-0.05, 0) is 68.4 Å². The number of anilines is 1. The van der Waals surface area contributed by atoms with Crippen molar-refractivity contribution in [3.05, 3.63) is 60.2 Å². The Morgan fingerprint density at radius 1 is 0.865 bits per heavy atom. The van der Waals surface area contributed by atoms with E-state index in [0.29, 0.717) is 12.6 Å². The summed E-state index contributed by atoms with van der Waals surface area (Å²) >= 11 is 0. The van der Waals surface area contributed by atoms with Crippen LogP contribution in [0.15, 0.2) is 59.5 Å². The third-order valence-electron chi connectivity index (χ3n) is 7.69. The molecule has 3 fully saturated rings. The van der Waals surface area contributed by atoms with Crippen molar-refractivity contribution < 1.29 is 18.0 Å². The van der Waals surface area contributed by atoms with Gasteiger partial charge in [0, 0.05) is 49.9 Å². The number of piperidine rings is 1. The molecule has 8 nitrogen and oxygen atoms in total. The van der Waals surface area contributed by atoms with Crippen LogP contribution in [-0.2, 0) is 26.0 Å². The molecule has 5 rings (SSSR count). The van der Waals surface area contributed by atoms with Crippen LogP contribution in [0.5, 0.6) is 0 Å². The normalized spacial score (nSPS) is 18.9. The van der Waals surface area contributed by atoms with Gasteiger partial charge in [0.1, 0.15) is 0 Å². The van der Waals surface area contributed by atoms with Gasteiger partial charge in [0.15, 0.2) is 0 Å². The minimum Gasteiger partial charge on any atom is -0.336 e. The first-order valence-electron chi connectivity index (χ1n) is 13.3. The summed E-state index contributed by atoms with van der Waals surface area (Å²) in [5, 5.41) is 5.18. The summed E-state index contributed by atoms with van der Waals surface area (Å²) in [6.07, 6.45) is 6.20. The molecule has 37 heavy (non-hydrogen) atoms. The van der Waals surface area contributed by atoms with Crippen LogP contribution in [0.4, 0.5) is 5.69 Å². The Bertz CT molecular complexity index is 1200. The van der Waals surface area contributed by atoms with E-state index in [9.17, 15) is 18.0 Å². The average Bonchev–Trinajstić information content (AvgIpc) is 3.80. The Hall–Kier alpha value is -2.75. The second-order valence-electron chi connectivity index (χ2n) is 10.6. The van der Waals surface area contributed by atoms with Crippen LogP contribution in [0.25, 0.3) is 0 Å². The van der Waals surface area contributed by atoms with E-state index in [2.05, 4.69) is 9.80 Å². The fraction of sp³-hybridized carbons (Fsp3) is 0.500. The number of sulfonamides is 1. The minimum atomic E-state index is -3.74. The Kier molecular flexibility index (Phi) is 7.65. The largest absolute Gasteiger partial charge is 0.336 e. The Morgan fingerprint density at radius 3 is 2.05 bits per heavy atom. The molecule has 0 bridgehead atoms. The number of primary sulfonamides is 1. The van der Waals surface area contributed by atoms with E-state index >= 15 is 0 Å². The lowest BCUT2D eigenvalue weighted by Gasteiger charge is -2.39. The van der Waals surface area contributed by atoms with Crippen molar-refractivity contribution in [3.63, 3.8) is 0 Å². The molecule has 1 aliphatic heterocycles. The summed E-state index contributed by atoms with van der Waals surface area (Å²) < 4.78 is 23.0. The maximum atomic E-state index is 13.3. The van der Waals surface area contributed by atoms with Crippen LogP contribution >= 0.6 is 0 Å². The van der Waals surface area contributed by atoms with E-state index in [-0.39, 0.29) is 35.1 Å². The quantitative estimate of drug-likeness (QED) is 0.515. The number of carbonyl (C=O) groups is 2. The summed E-state index contributed by atoms with van der Waals surface area (Å²) in [6.45, 7) is 3.33. The van der Waals surface area contributed by atoms with Gasteiger partial charge < -0.3 is 14.7 Å². The number of benzene rings is 2. The Balaban J connectivity index is 1.15. The topological polar surface area (TPSA) is 104 Å². The number of amides is 2. The zero-order valence-electron chi connectivity index (χ0n) is 21.2. The average molecular weight is 525 g/mol. The molecule has 1 saturated heterocycles. The first-order chi connectivity index (χ1) is 17.8. The number of hydrogen-bond acceptors (Lipinski definition) is 5. The first-order valence-corrected chi connectivity index (χ1v) is 14.9. The highest BCUT2D eigenvalue weighted by atomic mass is 32.2. The summed E-state index contributed by atoms with van der Waals surface area (Å²) in [5.41, 5.74) is 1.76. The molecule has 2 aromatic carbocycles. The van der Waals surface area contributed by atoms with Crippen molar-refractivity contribution in [1.82, 2.24) is 9.80 Å². The lowest BCUT2D eigenvalue weighted by Crippen LogP contribution is -2.50. The van der Waals surface area contributed by atoms with E-state index < -0.39 is 10.0 Å². The van der Waals surface area contributed by atoms with Crippen molar-refractivity contribution in [1.29, 1.82) is 0 Å². The predicted molar refractivity (Wildman–Crippen MR) is 142 cm³/mol. The van der Waals surface area contributed by atoms with E-state index in [4.69, 9.17) is 5.14 Å². The fourth-order valence-electron chi connectivity index (χ4n) is 5.31. The molecule has 0 aromatic heterocycles. The summed E-state index contributed by atoms with van der Waals surface area (Å²) in [7, 11) is -3.74. The number of likely N-dealkylation sites (tertiary alicyclic amines) is 1. The standard InChI is InChI=1S/C28H36N4O4S/c29-37(35,36)26-12-6-21(7-13-26)20-27(33)32(24-10-11-24)25-14-16-30(17-15-25)18-19-31(28(34)22-8-9-22)23-4-2-1-3-5-23/h1-7,12-13,22,24-25H,8-11,14-20H2,(H2,29,35,36). The zero-order valence-corrected chi connectivity index (χ0v) is 22.0. The zero-order chi connectivity index (χ0) is 26.0. The van der Waals surface area contributed by atoms with Gasteiger partial charge in [-0.2, -0.15) is 0 Å². The van der Waals surface area contributed by atoms with Gasteiger partial charge in [0.2, 0.25) is 21.8 Å². The molecule has 9 heteroatoms. The van der Waals surface area contributed by atoms with Crippen LogP contribution in [0.3, 0.4) is 0 Å². The molecule has 2 saturated carbocycles. The lowest BCUT2D eigenvalue weighted by molar-refractivity contribution is -0.134. The number of rotatable bonds is 10. The summed E-state index contributed by atoms with van der Waals surface area (Å²) in [6, 6.07) is 16.8. The lowest BCUT2D eigenvalue weighted by atomic mass is 10.0. The number of nitrogens with zero attached hydrogens (tertiary/aromatic N) is 3. The van der Waals surface area contributed by atoms with Gasteiger partial charge in [-0.1, -0.05) is 30.3 Å². The predicted octanol–water partition coefficient (Wildman–Crippen LogP) is 2.78. The molecule has 2 aromatic rings. The third kappa shape index (κ3) is 6.58. The van der Waals surface area contributed by atoms with Gasteiger partial charge in [-0.25, -0.2) is 13.6 Å². The highest BCUT2D eigenvalue weighted by Crippen LogP contribution is 2.34. The SMILES string of the molecule is NS(=O)(=O)c1ccc(CC(=O)N(C2CC2)C2CCN(CCN(C(=O)C3CC3)c3ccccc3)CC2)cc1. The monoisotopic (exact) mass is 524 g/mol. The fourth-order valence-corrected chi connectivity index (χ4v) is 5.82. The molecule has 3 aliphatic rings. The highest BCUT2D eigenvalue weighted by Gasteiger charge is 2.39. The molecule has 0 atom stereocenters. The van der Waals surface area contributed by atoms with E-state index in [1.165, 1.54) is 12.1 Å². The van der Waals surface area contributed by atoms with E-state index in [1.54, 1.807) is 12.1 Å². The van der Waals surface area contributed by atoms with Gasteiger partial charge in [0.05, 0.1) is 11.3 Å². The summed E-state index contributed by atoms with van der Waals surface area (Å²) in [5.74, 6) is 0.526. The smallest absolute Gasteiger partial charge is 0.238 e. The molecule has 2 N–H and O–H groups in total. The molecule has 0 radical (unpaired) electrons. The highest BCUT2D eigenvalue weighted by molar-refractivity contribution is 7.89. The minimum absolute atomic E-state index is 0.0554. The maximum Gasteiger partial charge on any atom is 0.238 e. The van der Waals surface area contributed by atoms with E-state index in [0.717, 1.165) is 69.4 Å². The Morgan fingerprint density at radius 2 is 1.49 bits per heavy atom. The van der Waals surface area contributed by atoms with Gasteiger partial charge in [0.25, 0.3) is 0 Å². The molecular weight excluding hydrogens is 488 g/mol. The number of hydrogen-bond donors (Lipinski definition) is 1. The van der Waals surface area contributed by atoms with Gasteiger partial charge in [-0.3, -0.25) is 9.59 Å².